The Morgan fingerprint density at radius 1 is 1.50 bits per heavy atom. The molecular weight excluding hydrogens is 230 g/mol. The van der Waals surface area contributed by atoms with Crippen LogP contribution in [-0.4, -0.2) is 23.7 Å². The maximum absolute atomic E-state index is 11.9. The van der Waals surface area contributed by atoms with E-state index in [1.165, 1.54) is 0 Å². The number of anilines is 1. The summed E-state index contributed by atoms with van der Waals surface area (Å²) in [6.45, 7) is 1.80. The summed E-state index contributed by atoms with van der Waals surface area (Å²) in [6.07, 6.45) is 3.42. The normalized spacial score (nSPS) is 17.0. The number of carbonyl (C=O) groups is 1. The number of benzene rings is 1. The monoisotopic (exact) mass is 249 g/mol. The third kappa shape index (κ3) is 2.64. The van der Waals surface area contributed by atoms with Crippen molar-refractivity contribution < 1.29 is 14.6 Å². The Kier molecular flexibility index (Phi) is 3.57. The number of nitrogens with one attached hydrogen (secondary N) is 1. The molecule has 0 unspecified atom stereocenters. The number of methoxy groups -OCH3 is 1. The zero-order valence-corrected chi connectivity index (χ0v) is 10.8. The smallest absolute Gasteiger partial charge is 0.227 e. The summed E-state index contributed by atoms with van der Waals surface area (Å²) in [5.74, 6) is 0.196. The molecule has 1 aliphatic carbocycles. The van der Waals surface area contributed by atoms with Crippen LogP contribution < -0.4 is 5.32 Å². The summed E-state index contributed by atoms with van der Waals surface area (Å²) in [6, 6.07) is 5.04. The lowest BCUT2D eigenvalue weighted by Crippen LogP contribution is -2.42. The molecule has 0 bridgehead atoms. The summed E-state index contributed by atoms with van der Waals surface area (Å²) in [4.78, 5) is 11.9. The molecule has 1 fully saturated rings. The summed E-state index contributed by atoms with van der Waals surface area (Å²) in [5.41, 5.74) is 1.20. The van der Waals surface area contributed by atoms with E-state index < -0.39 is 0 Å². The molecule has 0 saturated heterocycles. The summed E-state index contributed by atoms with van der Waals surface area (Å²) in [5, 5.41) is 12.3. The van der Waals surface area contributed by atoms with Gasteiger partial charge in [-0.2, -0.15) is 0 Å². The second kappa shape index (κ2) is 4.98. The first-order chi connectivity index (χ1) is 8.54. The molecule has 98 valence electrons. The van der Waals surface area contributed by atoms with Gasteiger partial charge in [-0.3, -0.25) is 4.79 Å². The van der Waals surface area contributed by atoms with Crippen molar-refractivity contribution >= 4 is 11.6 Å². The Morgan fingerprint density at radius 3 is 2.72 bits per heavy atom. The molecule has 1 saturated carbocycles. The van der Waals surface area contributed by atoms with Crippen molar-refractivity contribution in [2.75, 3.05) is 12.4 Å². The van der Waals surface area contributed by atoms with E-state index in [2.05, 4.69) is 5.32 Å². The molecule has 1 amide bonds. The van der Waals surface area contributed by atoms with Gasteiger partial charge in [-0.05, 0) is 49.9 Å². The van der Waals surface area contributed by atoms with Crippen molar-refractivity contribution in [1.82, 2.24) is 0 Å². The second-order valence-corrected chi connectivity index (χ2v) is 4.97. The van der Waals surface area contributed by atoms with Crippen LogP contribution in [0.2, 0.25) is 0 Å². The van der Waals surface area contributed by atoms with Gasteiger partial charge in [-0.15, -0.1) is 0 Å². The second-order valence-electron chi connectivity index (χ2n) is 4.97. The maximum Gasteiger partial charge on any atom is 0.227 e. The largest absolute Gasteiger partial charge is 0.508 e. The molecule has 0 radical (unpaired) electrons. The van der Waals surface area contributed by atoms with Gasteiger partial charge in [0.15, 0.2) is 0 Å². The SMILES string of the molecule is COC1(CC(=O)Nc2ccc(O)c(C)c2)CCC1. The molecule has 2 N–H and O–H groups in total. The van der Waals surface area contributed by atoms with E-state index in [9.17, 15) is 9.90 Å². The molecule has 0 heterocycles. The number of phenolic OH excluding ortho intramolecular Hbond substituents is 1. The average Bonchev–Trinajstić information content (AvgIpc) is 2.29. The predicted octanol–water partition coefficient (Wildman–Crippen LogP) is 2.60. The van der Waals surface area contributed by atoms with Crippen LogP contribution in [0.25, 0.3) is 0 Å². The van der Waals surface area contributed by atoms with Crippen molar-refractivity contribution in [3.8, 4) is 5.75 Å². The molecule has 4 nitrogen and oxygen atoms in total. The van der Waals surface area contributed by atoms with Crippen LogP contribution in [0.5, 0.6) is 5.75 Å². The Labute approximate surface area is 107 Å². The van der Waals surface area contributed by atoms with E-state index in [0.29, 0.717) is 12.1 Å². The molecule has 1 aromatic carbocycles. The van der Waals surface area contributed by atoms with Gasteiger partial charge in [-0.1, -0.05) is 0 Å². The first-order valence-corrected chi connectivity index (χ1v) is 6.19. The van der Waals surface area contributed by atoms with Gasteiger partial charge in [0.2, 0.25) is 5.91 Å². The van der Waals surface area contributed by atoms with E-state index >= 15 is 0 Å². The van der Waals surface area contributed by atoms with Crippen molar-refractivity contribution in [2.45, 2.75) is 38.2 Å². The van der Waals surface area contributed by atoms with Gasteiger partial charge in [0.25, 0.3) is 0 Å². The van der Waals surface area contributed by atoms with E-state index in [0.717, 1.165) is 24.8 Å². The first-order valence-electron chi connectivity index (χ1n) is 6.19. The molecule has 18 heavy (non-hydrogen) atoms. The molecule has 1 aliphatic rings. The Morgan fingerprint density at radius 2 is 2.22 bits per heavy atom. The highest BCUT2D eigenvalue weighted by molar-refractivity contribution is 5.91. The van der Waals surface area contributed by atoms with Crippen LogP contribution in [0.15, 0.2) is 18.2 Å². The minimum absolute atomic E-state index is 0.0401. The number of aryl methyl sites for hydroxylation is 1. The van der Waals surface area contributed by atoms with Gasteiger partial charge in [0.1, 0.15) is 5.75 Å². The van der Waals surface area contributed by atoms with Crippen LogP contribution in [0, 0.1) is 6.92 Å². The zero-order valence-electron chi connectivity index (χ0n) is 10.8. The fourth-order valence-corrected chi connectivity index (χ4v) is 2.26. The number of hydrogen-bond donors (Lipinski definition) is 2. The highest BCUT2D eigenvalue weighted by atomic mass is 16.5. The van der Waals surface area contributed by atoms with Crippen molar-refractivity contribution in [3.05, 3.63) is 23.8 Å². The van der Waals surface area contributed by atoms with E-state index in [-0.39, 0.29) is 17.3 Å². The van der Waals surface area contributed by atoms with Crippen LogP contribution in [0.3, 0.4) is 0 Å². The van der Waals surface area contributed by atoms with Crippen LogP contribution in [0.4, 0.5) is 5.69 Å². The lowest BCUT2D eigenvalue weighted by molar-refractivity contribution is -0.129. The minimum Gasteiger partial charge on any atom is -0.508 e. The number of rotatable bonds is 4. The van der Waals surface area contributed by atoms with Crippen molar-refractivity contribution in [2.24, 2.45) is 0 Å². The molecule has 2 rings (SSSR count). The standard InChI is InChI=1S/C14H19NO3/c1-10-8-11(4-5-12(10)16)15-13(17)9-14(18-2)6-3-7-14/h4-5,8,16H,3,6-7,9H2,1-2H3,(H,15,17). The lowest BCUT2D eigenvalue weighted by Gasteiger charge is -2.39. The highest BCUT2D eigenvalue weighted by Crippen LogP contribution is 2.38. The Balaban J connectivity index is 1.96. The highest BCUT2D eigenvalue weighted by Gasteiger charge is 2.38. The maximum atomic E-state index is 11.9. The zero-order chi connectivity index (χ0) is 13.2. The van der Waals surface area contributed by atoms with Crippen LogP contribution in [0.1, 0.15) is 31.2 Å². The molecular formula is C14H19NO3. The Bertz CT molecular complexity index is 447. The summed E-state index contributed by atoms with van der Waals surface area (Å²) >= 11 is 0. The van der Waals surface area contributed by atoms with E-state index in [1.807, 2.05) is 0 Å². The lowest BCUT2D eigenvalue weighted by atomic mass is 9.77. The van der Waals surface area contributed by atoms with Crippen molar-refractivity contribution in [1.29, 1.82) is 0 Å². The van der Waals surface area contributed by atoms with E-state index in [1.54, 1.807) is 32.2 Å². The van der Waals surface area contributed by atoms with Crippen LogP contribution >= 0.6 is 0 Å². The molecule has 0 spiro atoms. The van der Waals surface area contributed by atoms with Gasteiger partial charge in [0, 0.05) is 12.8 Å². The fourth-order valence-electron chi connectivity index (χ4n) is 2.26. The molecule has 0 aliphatic heterocycles. The summed E-state index contributed by atoms with van der Waals surface area (Å²) < 4.78 is 5.42. The molecule has 1 aromatic rings. The van der Waals surface area contributed by atoms with Crippen LogP contribution in [-0.2, 0) is 9.53 Å². The number of aromatic hydroxyl groups is 1. The first kappa shape index (κ1) is 12.9. The van der Waals surface area contributed by atoms with Crippen molar-refractivity contribution in [3.63, 3.8) is 0 Å². The third-order valence-corrected chi connectivity index (χ3v) is 3.66. The number of carbonyl (C=O) groups excluding carboxylic acids is 1. The quantitative estimate of drug-likeness (QED) is 0.806. The van der Waals surface area contributed by atoms with Gasteiger partial charge < -0.3 is 15.2 Å². The average molecular weight is 249 g/mol. The van der Waals surface area contributed by atoms with Gasteiger partial charge in [0.05, 0.1) is 12.0 Å². The van der Waals surface area contributed by atoms with Gasteiger partial charge in [-0.25, -0.2) is 0 Å². The fraction of sp³-hybridized carbons (Fsp3) is 0.500. The predicted molar refractivity (Wildman–Crippen MR) is 69.7 cm³/mol. The third-order valence-electron chi connectivity index (χ3n) is 3.66. The number of hydrogen-bond acceptors (Lipinski definition) is 3. The molecule has 0 atom stereocenters. The number of amides is 1. The Hall–Kier alpha value is -1.55. The van der Waals surface area contributed by atoms with E-state index in [4.69, 9.17) is 4.74 Å². The van der Waals surface area contributed by atoms with Gasteiger partial charge >= 0.3 is 0 Å². The summed E-state index contributed by atoms with van der Waals surface area (Å²) in [7, 11) is 1.66. The molecule has 0 aromatic heterocycles. The topological polar surface area (TPSA) is 58.6 Å². The molecule has 4 heteroatoms. The number of phenols is 1. The number of ether oxygens (including phenoxy) is 1. The minimum atomic E-state index is -0.254.